The molecule has 2 aliphatic heterocycles. The molecule has 7 nitrogen and oxygen atoms in total. The summed E-state index contributed by atoms with van der Waals surface area (Å²) < 4.78 is 30.8. The fourth-order valence-corrected chi connectivity index (χ4v) is 7.24. The molecular formula is C26H33N5O2S. The van der Waals surface area contributed by atoms with Gasteiger partial charge < -0.3 is 9.47 Å². The van der Waals surface area contributed by atoms with E-state index < -0.39 is 10.0 Å². The van der Waals surface area contributed by atoms with Crippen LogP contribution in [0.25, 0.3) is 0 Å². The van der Waals surface area contributed by atoms with Gasteiger partial charge in [-0.25, -0.2) is 8.42 Å². The number of anilines is 1. The van der Waals surface area contributed by atoms with Crippen LogP contribution in [0.3, 0.4) is 0 Å². The maximum absolute atomic E-state index is 13.5. The smallest absolute Gasteiger partial charge is 0.217 e. The molecule has 1 aromatic heterocycles. The molecule has 34 heavy (non-hydrogen) atoms. The van der Waals surface area contributed by atoms with Gasteiger partial charge in [0.15, 0.2) is 0 Å². The van der Waals surface area contributed by atoms with Crippen LogP contribution in [0, 0.1) is 0 Å². The van der Waals surface area contributed by atoms with E-state index in [1.165, 1.54) is 5.69 Å². The maximum atomic E-state index is 13.5. The summed E-state index contributed by atoms with van der Waals surface area (Å²) in [7, 11) is -3.35. The van der Waals surface area contributed by atoms with E-state index in [1.807, 2.05) is 30.3 Å². The molecule has 2 fully saturated rings. The van der Waals surface area contributed by atoms with Crippen molar-refractivity contribution in [2.24, 2.45) is 0 Å². The highest BCUT2D eigenvalue weighted by molar-refractivity contribution is 7.89. The minimum absolute atomic E-state index is 0.344. The highest BCUT2D eigenvalue weighted by atomic mass is 32.2. The van der Waals surface area contributed by atoms with Crippen molar-refractivity contribution in [3.63, 3.8) is 0 Å². The van der Waals surface area contributed by atoms with Crippen LogP contribution in [0.2, 0.25) is 0 Å². The zero-order valence-corrected chi connectivity index (χ0v) is 20.4. The number of nitrogens with zero attached hydrogens (tertiary/aromatic N) is 5. The molecule has 8 heteroatoms. The van der Waals surface area contributed by atoms with E-state index in [9.17, 15) is 8.42 Å². The molecule has 0 saturated carbocycles. The fraction of sp³-hybridized carbons (Fsp3) is 0.462. The van der Waals surface area contributed by atoms with Gasteiger partial charge in [0, 0.05) is 37.9 Å². The Bertz CT molecular complexity index is 1140. The van der Waals surface area contributed by atoms with Crippen LogP contribution in [0.4, 0.5) is 5.69 Å². The third-order valence-electron chi connectivity index (χ3n) is 7.25. The van der Waals surface area contributed by atoms with E-state index >= 15 is 0 Å². The average molecular weight is 480 g/mol. The molecule has 0 bridgehead atoms. The summed E-state index contributed by atoms with van der Waals surface area (Å²) in [5.74, 6) is 0. The first-order valence-electron chi connectivity index (χ1n) is 12.3. The second-order valence-electron chi connectivity index (χ2n) is 9.48. The largest absolute Gasteiger partial charge is 0.371 e. The molecule has 1 atom stereocenters. The van der Waals surface area contributed by atoms with Gasteiger partial charge in [-0.15, -0.1) is 10.2 Å². The summed E-state index contributed by atoms with van der Waals surface area (Å²) in [6, 6.07) is 18.9. The predicted octanol–water partition coefficient (Wildman–Crippen LogP) is 4.05. The molecule has 0 N–H and O–H groups in total. The van der Waals surface area contributed by atoms with Crippen LogP contribution < -0.4 is 4.90 Å². The first-order chi connectivity index (χ1) is 16.6. The first kappa shape index (κ1) is 23.1. The number of rotatable bonds is 6. The lowest BCUT2D eigenvalue weighted by Gasteiger charge is -2.34. The Morgan fingerprint density at radius 2 is 1.50 bits per heavy atom. The Morgan fingerprint density at radius 3 is 2.21 bits per heavy atom. The summed E-state index contributed by atoms with van der Waals surface area (Å²) in [5, 5.41) is 7.51. The third-order valence-corrected chi connectivity index (χ3v) is 9.53. The van der Waals surface area contributed by atoms with E-state index in [1.54, 1.807) is 17.0 Å². The molecule has 1 unspecified atom stereocenters. The first-order valence-corrected chi connectivity index (χ1v) is 13.8. The third kappa shape index (κ3) is 5.18. The molecular weight excluding hydrogens is 446 g/mol. The predicted molar refractivity (Wildman–Crippen MR) is 134 cm³/mol. The van der Waals surface area contributed by atoms with Crippen molar-refractivity contribution in [1.82, 2.24) is 19.1 Å². The molecule has 3 aromatic rings. The van der Waals surface area contributed by atoms with Crippen molar-refractivity contribution in [3.05, 3.63) is 78.4 Å². The van der Waals surface area contributed by atoms with Gasteiger partial charge in [-0.05, 0) is 55.4 Å². The van der Waals surface area contributed by atoms with Gasteiger partial charge in [0.25, 0.3) is 0 Å². The monoisotopic (exact) mass is 479 g/mol. The maximum Gasteiger partial charge on any atom is 0.217 e. The van der Waals surface area contributed by atoms with Gasteiger partial charge in [-0.3, -0.25) is 0 Å². The van der Waals surface area contributed by atoms with Gasteiger partial charge in [0.05, 0.1) is 5.25 Å². The van der Waals surface area contributed by atoms with Crippen LogP contribution in [0.1, 0.15) is 49.3 Å². The zero-order chi connectivity index (χ0) is 23.4. The van der Waals surface area contributed by atoms with E-state index in [0.29, 0.717) is 25.6 Å². The van der Waals surface area contributed by atoms with Crippen molar-refractivity contribution >= 4 is 15.7 Å². The molecule has 3 heterocycles. The Hall–Kier alpha value is -2.71. The molecule has 5 rings (SSSR count). The lowest BCUT2D eigenvalue weighted by Crippen LogP contribution is -2.38. The van der Waals surface area contributed by atoms with Crippen LogP contribution in [0.5, 0.6) is 0 Å². The number of hydrogen-bond acceptors (Lipinski definition) is 5. The number of sulfonamides is 1. The molecule has 2 aliphatic rings. The number of aromatic nitrogens is 3. The van der Waals surface area contributed by atoms with E-state index in [0.717, 1.165) is 56.3 Å². The Kier molecular flexibility index (Phi) is 6.97. The highest BCUT2D eigenvalue weighted by Crippen LogP contribution is 2.28. The molecule has 0 amide bonds. The zero-order valence-electron chi connectivity index (χ0n) is 19.5. The van der Waals surface area contributed by atoms with Crippen LogP contribution >= 0.6 is 0 Å². The van der Waals surface area contributed by atoms with Gasteiger partial charge >= 0.3 is 0 Å². The van der Waals surface area contributed by atoms with Gasteiger partial charge in [-0.2, -0.15) is 4.31 Å². The second kappa shape index (κ2) is 10.3. The van der Waals surface area contributed by atoms with Crippen molar-refractivity contribution in [3.8, 4) is 0 Å². The standard InChI is InChI=1S/C26H33N5O2S/c32-34(33)26(18-22-6-2-1-3-7-22)8-4-5-15-31(34)19-23-9-11-24(12-10-23)29-16-13-25(14-17-29)30-20-27-28-21-30/h1-3,6-7,9-12,20-21,25-26H,4-5,8,13-19H2. The van der Waals surface area contributed by atoms with E-state index in [4.69, 9.17) is 0 Å². The molecule has 0 spiro atoms. The summed E-state index contributed by atoms with van der Waals surface area (Å²) in [6.45, 7) is 3.03. The lowest BCUT2D eigenvalue weighted by molar-refractivity contribution is 0.395. The SMILES string of the molecule is O=S1(=O)C(Cc2ccccc2)CCCCN1Cc1ccc(N2CCC(n3cnnc3)CC2)cc1. The van der Waals surface area contributed by atoms with E-state index in [-0.39, 0.29) is 5.25 Å². The summed E-state index contributed by atoms with van der Waals surface area (Å²) in [5.41, 5.74) is 3.34. The summed E-state index contributed by atoms with van der Waals surface area (Å²) in [6.07, 6.45) is 8.93. The minimum Gasteiger partial charge on any atom is -0.371 e. The molecule has 2 aromatic carbocycles. The van der Waals surface area contributed by atoms with E-state index in [2.05, 4.69) is 43.9 Å². The Labute approximate surface area is 202 Å². The molecule has 2 saturated heterocycles. The number of piperidine rings is 1. The topological polar surface area (TPSA) is 71.3 Å². The Balaban J connectivity index is 1.22. The van der Waals surface area contributed by atoms with Crippen molar-refractivity contribution in [2.45, 2.75) is 56.4 Å². The normalized spacial score (nSPS) is 21.9. The van der Waals surface area contributed by atoms with Crippen molar-refractivity contribution < 1.29 is 8.42 Å². The number of benzene rings is 2. The molecule has 0 aliphatic carbocycles. The lowest BCUT2D eigenvalue weighted by atomic mass is 10.0. The molecule has 180 valence electrons. The number of hydrogen-bond donors (Lipinski definition) is 0. The summed E-state index contributed by atoms with van der Waals surface area (Å²) in [4.78, 5) is 2.41. The quantitative estimate of drug-likeness (QED) is 0.534. The fourth-order valence-electron chi connectivity index (χ4n) is 5.24. The van der Waals surface area contributed by atoms with Gasteiger partial charge in [-0.1, -0.05) is 48.9 Å². The van der Waals surface area contributed by atoms with Crippen molar-refractivity contribution in [2.75, 3.05) is 24.5 Å². The van der Waals surface area contributed by atoms with Gasteiger partial charge in [0.1, 0.15) is 12.7 Å². The second-order valence-corrected chi connectivity index (χ2v) is 11.7. The van der Waals surface area contributed by atoms with Gasteiger partial charge in [0.2, 0.25) is 10.0 Å². The van der Waals surface area contributed by atoms with Crippen LogP contribution in [-0.2, 0) is 23.0 Å². The van der Waals surface area contributed by atoms with Crippen LogP contribution in [0.15, 0.2) is 67.3 Å². The molecule has 0 radical (unpaired) electrons. The minimum atomic E-state index is -3.35. The highest BCUT2D eigenvalue weighted by Gasteiger charge is 2.34. The summed E-state index contributed by atoms with van der Waals surface area (Å²) >= 11 is 0. The average Bonchev–Trinajstić information content (AvgIpc) is 3.37. The Morgan fingerprint density at radius 1 is 0.794 bits per heavy atom. The van der Waals surface area contributed by atoms with Crippen LogP contribution in [-0.4, -0.2) is 52.4 Å². The van der Waals surface area contributed by atoms with Crippen molar-refractivity contribution in [1.29, 1.82) is 0 Å².